The van der Waals surface area contributed by atoms with Crippen LogP contribution in [0.15, 0.2) is 23.1 Å². The molecule has 1 unspecified atom stereocenters. The molecule has 1 heterocycles. The van der Waals surface area contributed by atoms with Gasteiger partial charge in [0.1, 0.15) is 12.4 Å². The lowest BCUT2D eigenvalue weighted by Gasteiger charge is -2.13. The third-order valence-electron chi connectivity index (χ3n) is 2.92. The van der Waals surface area contributed by atoms with Gasteiger partial charge >= 0.3 is 0 Å². The highest BCUT2D eigenvalue weighted by molar-refractivity contribution is 7.89. The SMILES string of the molecule is Cc1cc(S(N)(=O)=O)ccc1OCC1CCCO1. The van der Waals surface area contributed by atoms with Crippen molar-refractivity contribution >= 4 is 10.0 Å². The summed E-state index contributed by atoms with van der Waals surface area (Å²) in [7, 11) is -3.65. The second-order valence-corrected chi connectivity index (χ2v) is 5.98. The average molecular weight is 271 g/mol. The lowest BCUT2D eigenvalue weighted by Crippen LogP contribution is -2.17. The van der Waals surface area contributed by atoms with Crippen molar-refractivity contribution in [1.82, 2.24) is 0 Å². The predicted molar refractivity (Wildman–Crippen MR) is 67.0 cm³/mol. The van der Waals surface area contributed by atoms with Gasteiger partial charge in [-0.3, -0.25) is 0 Å². The molecule has 2 rings (SSSR count). The summed E-state index contributed by atoms with van der Waals surface area (Å²) >= 11 is 0. The zero-order valence-corrected chi connectivity index (χ0v) is 11.1. The molecule has 5 nitrogen and oxygen atoms in total. The van der Waals surface area contributed by atoms with Crippen LogP contribution in [0.1, 0.15) is 18.4 Å². The van der Waals surface area contributed by atoms with Gasteiger partial charge in [-0.2, -0.15) is 0 Å². The zero-order chi connectivity index (χ0) is 13.2. The molecule has 1 aliphatic heterocycles. The van der Waals surface area contributed by atoms with Crippen LogP contribution in [0.25, 0.3) is 0 Å². The fourth-order valence-corrected chi connectivity index (χ4v) is 2.52. The number of primary sulfonamides is 1. The molecule has 18 heavy (non-hydrogen) atoms. The molecule has 0 bridgehead atoms. The number of sulfonamides is 1. The Hall–Kier alpha value is -1.11. The van der Waals surface area contributed by atoms with Crippen molar-refractivity contribution < 1.29 is 17.9 Å². The number of aryl methyl sites for hydroxylation is 1. The van der Waals surface area contributed by atoms with E-state index >= 15 is 0 Å². The van der Waals surface area contributed by atoms with Gasteiger partial charge in [0.15, 0.2) is 0 Å². The third kappa shape index (κ3) is 3.22. The van der Waals surface area contributed by atoms with Crippen molar-refractivity contribution in [2.45, 2.75) is 30.8 Å². The molecule has 1 aromatic rings. The van der Waals surface area contributed by atoms with Gasteiger partial charge in [-0.1, -0.05) is 0 Å². The molecule has 0 radical (unpaired) electrons. The first kappa shape index (κ1) is 13.3. The van der Waals surface area contributed by atoms with Gasteiger partial charge in [-0.05, 0) is 43.5 Å². The Morgan fingerprint density at radius 3 is 2.83 bits per heavy atom. The van der Waals surface area contributed by atoms with Crippen molar-refractivity contribution in [2.24, 2.45) is 5.14 Å². The van der Waals surface area contributed by atoms with E-state index in [0.29, 0.717) is 12.4 Å². The second-order valence-electron chi connectivity index (χ2n) is 4.42. The third-order valence-corrected chi connectivity index (χ3v) is 3.83. The van der Waals surface area contributed by atoms with E-state index in [9.17, 15) is 8.42 Å². The van der Waals surface area contributed by atoms with Crippen molar-refractivity contribution in [1.29, 1.82) is 0 Å². The Kier molecular flexibility index (Phi) is 3.89. The highest BCUT2D eigenvalue weighted by Crippen LogP contribution is 2.22. The second kappa shape index (κ2) is 5.26. The molecule has 0 amide bonds. The summed E-state index contributed by atoms with van der Waals surface area (Å²) in [6.07, 6.45) is 2.22. The summed E-state index contributed by atoms with van der Waals surface area (Å²) < 4.78 is 33.4. The predicted octanol–water partition coefficient (Wildman–Crippen LogP) is 1.20. The maximum absolute atomic E-state index is 11.2. The summed E-state index contributed by atoms with van der Waals surface area (Å²) in [5, 5.41) is 5.06. The van der Waals surface area contributed by atoms with Crippen LogP contribution in [0.5, 0.6) is 5.75 Å². The van der Waals surface area contributed by atoms with E-state index in [-0.39, 0.29) is 11.0 Å². The summed E-state index contributed by atoms with van der Waals surface area (Å²) in [4.78, 5) is 0.101. The fourth-order valence-electron chi connectivity index (χ4n) is 1.92. The van der Waals surface area contributed by atoms with Crippen LogP contribution in [-0.4, -0.2) is 27.7 Å². The Labute approximate surface area is 107 Å². The first-order chi connectivity index (χ1) is 8.47. The summed E-state index contributed by atoms with van der Waals surface area (Å²) in [5.41, 5.74) is 0.750. The standard InChI is InChI=1S/C12H17NO4S/c1-9-7-11(18(13,14)15)4-5-12(9)17-8-10-3-2-6-16-10/h4-5,7,10H,2-3,6,8H2,1H3,(H2,13,14,15). The molecule has 6 heteroatoms. The molecule has 0 aromatic heterocycles. The molecular formula is C12H17NO4S. The molecule has 0 saturated carbocycles. The maximum Gasteiger partial charge on any atom is 0.238 e. The summed E-state index contributed by atoms with van der Waals surface area (Å²) in [5.74, 6) is 0.665. The number of rotatable bonds is 4. The fraction of sp³-hybridized carbons (Fsp3) is 0.500. The van der Waals surface area contributed by atoms with Gasteiger partial charge in [0.25, 0.3) is 0 Å². The van der Waals surface area contributed by atoms with Crippen molar-refractivity contribution in [3.63, 3.8) is 0 Å². The summed E-state index contributed by atoms with van der Waals surface area (Å²) in [6.45, 7) is 3.08. The average Bonchev–Trinajstić information content (AvgIpc) is 2.79. The number of hydrogen-bond donors (Lipinski definition) is 1. The topological polar surface area (TPSA) is 78.6 Å². The van der Waals surface area contributed by atoms with E-state index in [2.05, 4.69) is 0 Å². The first-order valence-corrected chi connectivity index (χ1v) is 7.39. The minimum absolute atomic E-state index is 0.101. The number of nitrogens with two attached hydrogens (primary N) is 1. The Bertz CT molecular complexity index is 521. The van der Waals surface area contributed by atoms with Crippen molar-refractivity contribution in [2.75, 3.05) is 13.2 Å². The van der Waals surface area contributed by atoms with Gasteiger partial charge in [0, 0.05) is 6.61 Å². The quantitative estimate of drug-likeness (QED) is 0.892. The monoisotopic (exact) mass is 271 g/mol. The Morgan fingerprint density at radius 2 is 2.28 bits per heavy atom. The van der Waals surface area contributed by atoms with Gasteiger partial charge in [-0.15, -0.1) is 0 Å². The number of benzene rings is 1. The minimum atomic E-state index is -3.65. The van der Waals surface area contributed by atoms with Gasteiger partial charge in [-0.25, -0.2) is 13.6 Å². The molecule has 1 saturated heterocycles. The van der Waals surface area contributed by atoms with Gasteiger partial charge in [0.05, 0.1) is 11.0 Å². The molecule has 2 N–H and O–H groups in total. The molecule has 1 atom stereocenters. The van der Waals surface area contributed by atoms with E-state index in [1.807, 2.05) is 0 Å². The number of ether oxygens (including phenoxy) is 2. The van der Waals surface area contributed by atoms with E-state index in [1.54, 1.807) is 13.0 Å². The van der Waals surface area contributed by atoms with Crippen LogP contribution in [-0.2, 0) is 14.8 Å². The molecule has 0 aliphatic carbocycles. The van der Waals surface area contributed by atoms with E-state index in [1.165, 1.54) is 12.1 Å². The lowest BCUT2D eigenvalue weighted by atomic mass is 10.2. The molecule has 0 spiro atoms. The maximum atomic E-state index is 11.2. The molecule has 1 aliphatic rings. The van der Waals surface area contributed by atoms with Gasteiger partial charge in [0.2, 0.25) is 10.0 Å². The van der Waals surface area contributed by atoms with Crippen LogP contribution in [0.4, 0.5) is 0 Å². The van der Waals surface area contributed by atoms with Crippen molar-refractivity contribution in [3.8, 4) is 5.75 Å². The Morgan fingerprint density at radius 1 is 1.50 bits per heavy atom. The number of hydrogen-bond acceptors (Lipinski definition) is 4. The molecule has 100 valence electrons. The first-order valence-electron chi connectivity index (χ1n) is 5.84. The zero-order valence-electron chi connectivity index (χ0n) is 10.3. The summed E-state index contributed by atoms with van der Waals surface area (Å²) in [6, 6.07) is 4.59. The minimum Gasteiger partial charge on any atom is -0.491 e. The molecule has 1 fully saturated rings. The van der Waals surface area contributed by atoms with E-state index in [4.69, 9.17) is 14.6 Å². The van der Waals surface area contributed by atoms with E-state index in [0.717, 1.165) is 25.0 Å². The van der Waals surface area contributed by atoms with E-state index < -0.39 is 10.0 Å². The highest BCUT2D eigenvalue weighted by atomic mass is 32.2. The van der Waals surface area contributed by atoms with Crippen LogP contribution >= 0.6 is 0 Å². The van der Waals surface area contributed by atoms with Crippen LogP contribution in [0, 0.1) is 6.92 Å². The lowest BCUT2D eigenvalue weighted by molar-refractivity contribution is 0.0677. The molecular weight excluding hydrogens is 254 g/mol. The smallest absolute Gasteiger partial charge is 0.238 e. The Balaban J connectivity index is 2.05. The largest absolute Gasteiger partial charge is 0.491 e. The van der Waals surface area contributed by atoms with Gasteiger partial charge < -0.3 is 9.47 Å². The highest BCUT2D eigenvalue weighted by Gasteiger charge is 2.17. The van der Waals surface area contributed by atoms with Crippen molar-refractivity contribution in [3.05, 3.63) is 23.8 Å². The van der Waals surface area contributed by atoms with Crippen LogP contribution in [0.3, 0.4) is 0 Å². The normalized spacial score (nSPS) is 20.0. The molecule has 1 aromatic carbocycles. The van der Waals surface area contributed by atoms with Crippen LogP contribution < -0.4 is 9.88 Å². The van der Waals surface area contributed by atoms with Crippen LogP contribution in [0.2, 0.25) is 0 Å².